The summed E-state index contributed by atoms with van der Waals surface area (Å²) in [6.45, 7) is 5.00. The van der Waals surface area contributed by atoms with Gasteiger partial charge >= 0.3 is 6.03 Å². The number of hydrogen-bond acceptors (Lipinski definition) is 8. The van der Waals surface area contributed by atoms with Crippen LogP contribution >= 0.6 is 11.6 Å². The summed E-state index contributed by atoms with van der Waals surface area (Å²) in [6, 6.07) is 11.5. The van der Waals surface area contributed by atoms with E-state index in [1.54, 1.807) is 30.6 Å². The molecule has 1 saturated heterocycles. The number of allylic oxidation sites excluding steroid dienone is 1. The Morgan fingerprint density at radius 3 is 2.79 bits per heavy atom. The van der Waals surface area contributed by atoms with Gasteiger partial charge in [0.25, 0.3) is 5.91 Å². The van der Waals surface area contributed by atoms with Crippen LogP contribution in [0.15, 0.2) is 71.6 Å². The number of rotatable bonds is 3. The van der Waals surface area contributed by atoms with Crippen molar-refractivity contribution in [3.8, 4) is 5.75 Å². The van der Waals surface area contributed by atoms with Gasteiger partial charge in [0.1, 0.15) is 5.75 Å². The molecule has 3 aliphatic heterocycles. The minimum Gasteiger partial charge on any atom is -0.490 e. The predicted molar refractivity (Wildman–Crippen MR) is 200 cm³/mol. The van der Waals surface area contributed by atoms with Gasteiger partial charge < -0.3 is 37.7 Å². The van der Waals surface area contributed by atoms with Crippen LogP contribution in [0.1, 0.15) is 66.6 Å². The molecule has 1 saturated carbocycles. The van der Waals surface area contributed by atoms with Gasteiger partial charge in [-0.2, -0.15) is 10.6 Å². The van der Waals surface area contributed by atoms with E-state index in [4.69, 9.17) is 21.1 Å². The number of benzene rings is 2. The molecular weight excluding hydrogens is 700 g/mol. The zero-order valence-corrected chi connectivity index (χ0v) is 31.2. The number of carbonyl (C=O) groups excluding carboxylic acids is 2. The first kappa shape index (κ1) is 35.2. The molecule has 3 amide bonds. The number of anilines is 1. The van der Waals surface area contributed by atoms with Crippen LogP contribution in [0.25, 0.3) is 0 Å². The molecule has 6 atom stereocenters. The lowest BCUT2D eigenvalue weighted by Gasteiger charge is -2.46. The molecule has 5 aliphatic rings. The second-order valence-corrected chi connectivity index (χ2v) is 16.9. The number of halogens is 1. The number of aromatic nitrogens is 2. The highest BCUT2D eigenvalue weighted by Crippen LogP contribution is 2.47. The largest absolute Gasteiger partial charge is 0.490 e. The monoisotopic (exact) mass is 745 g/mol. The normalized spacial score (nSPS) is 30.1. The average molecular weight is 746 g/mol. The summed E-state index contributed by atoms with van der Waals surface area (Å²) >= 11 is 6.46. The van der Waals surface area contributed by atoms with Gasteiger partial charge in [-0.25, -0.2) is 9.78 Å². The van der Waals surface area contributed by atoms with Crippen molar-refractivity contribution >= 4 is 39.8 Å². The maximum atomic E-state index is 13.9. The Morgan fingerprint density at radius 2 is 2.02 bits per heavy atom. The number of amides is 3. The summed E-state index contributed by atoms with van der Waals surface area (Å²) in [6.07, 6.45) is 15.1. The van der Waals surface area contributed by atoms with Gasteiger partial charge in [0.2, 0.25) is 0 Å². The topological polar surface area (TPSA) is 118 Å². The van der Waals surface area contributed by atoms with E-state index in [0.717, 1.165) is 61.7 Å². The van der Waals surface area contributed by atoms with Crippen molar-refractivity contribution in [3.05, 3.63) is 89.0 Å². The highest BCUT2D eigenvalue weighted by atomic mass is 35.5. The van der Waals surface area contributed by atoms with Crippen molar-refractivity contribution in [2.24, 2.45) is 22.1 Å². The van der Waals surface area contributed by atoms with E-state index in [9.17, 15) is 13.8 Å². The van der Waals surface area contributed by atoms with Crippen molar-refractivity contribution < 1.29 is 23.3 Å². The molecule has 13 heteroatoms. The molecule has 2 bridgehead atoms. The minimum atomic E-state index is -2.05. The van der Waals surface area contributed by atoms with Crippen LogP contribution in [0.5, 0.6) is 5.75 Å². The Bertz CT molecular complexity index is 1940. The highest BCUT2D eigenvalue weighted by Gasteiger charge is 2.44. The van der Waals surface area contributed by atoms with Crippen molar-refractivity contribution in [1.29, 1.82) is 0 Å². The van der Waals surface area contributed by atoms with Crippen molar-refractivity contribution in [2.45, 2.75) is 68.4 Å². The van der Waals surface area contributed by atoms with Crippen LogP contribution in [0.3, 0.4) is 0 Å². The van der Waals surface area contributed by atoms with Crippen molar-refractivity contribution in [3.63, 3.8) is 0 Å². The number of hydrogen-bond donors (Lipinski definition) is 1. The SMILES string of the molecule is CO[C@H]1/C=C/C[C@H](C)C(NC(=O)N2CC(n3ccnc3)C2)[S-](=O)=NC(=O)c2ccc3c(c2)N(C[C@@H]2CC[C@H]21)C[C@@]1(CCCc2cc(Cl)ccc21)CO3. The second kappa shape index (κ2) is 14.5. The fraction of sp³-hybridized carbons (Fsp3) is 0.513. The van der Waals surface area contributed by atoms with Gasteiger partial charge in [-0.05, 0) is 103 Å². The molecule has 8 rings (SSSR count). The van der Waals surface area contributed by atoms with Crippen LogP contribution in [0, 0.1) is 17.8 Å². The summed E-state index contributed by atoms with van der Waals surface area (Å²) in [7, 11) is -0.283. The summed E-state index contributed by atoms with van der Waals surface area (Å²) in [5.74, 6) is 0.563. The van der Waals surface area contributed by atoms with E-state index in [1.165, 1.54) is 11.1 Å². The van der Waals surface area contributed by atoms with Gasteiger partial charge in [0.05, 0.1) is 30.8 Å². The third-order valence-electron chi connectivity index (χ3n) is 12.0. The average Bonchev–Trinajstić information content (AvgIpc) is 3.58. The van der Waals surface area contributed by atoms with Gasteiger partial charge in [0.15, 0.2) is 0 Å². The summed E-state index contributed by atoms with van der Waals surface area (Å²) in [4.78, 5) is 35.4. The Morgan fingerprint density at radius 1 is 1.15 bits per heavy atom. The molecule has 3 aromatic rings. The first-order valence-electron chi connectivity index (χ1n) is 18.4. The third kappa shape index (κ3) is 6.73. The quantitative estimate of drug-likeness (QED) is 0.240. The molecule has 4 heterocycles. The Hall–Kier alpha value is -3.87. The zero-order valence-electron chi connectivity index (χ0n) is 29.7. The number of nitrogens with one attached hydrogen (secondary N) is 1. The number of fused-ring (bicyclic) bond motifs is 4. The molecule has 0 radical (unpaired) electrons. The van der Waals surface area contributed by atoms with E-state index >= 15 is 0 Å². The molecule has 1 aromatic heterocycles. The maximum absolute atomic E-state index is 13.9. The first-order chi connectivity index (χ1) is 25.2. The molecule has 2 fully saturated rings. The molecule has 11 nitrogen and oxygen atoms in total. The third-order valence-corrected chi connectivity index (χ3v) is 13.6. The number of ether oxygens (including phenoxy) is 2. The lowest BCUT2D eigenvalue weighted by Crippen LogP contribution is -2.56. The van der Waals surface area contributed by atoms with Crippen molar-refractivity contribution in [1.82, 2.24) is 19.8 Å². The molecule has 1 spiro atoms. The van der Waals surface area contributed by atoms with Crippen LogP contribution in [0.2, 0.25) is 5.02 Å². The molecule has 1 N–H and O–H groups in total. The fourth-order valence-corrected chi connectivity index (χ4v) is 10.1. The lowest BCUT2D eigenvalue weighted by atomic mass is 9.68. The molecule has 52 heavy (non-hydrogen) atoms. The molecule has 2 aromatic carbocycles. The standard InChI is InChI=1S/C39H46ClN6O5S/c1-25-5-3-7-34(50-2)31-11-8-28(31)19-46-22-39(14-4-6-26-17-29(40)10-12-32(26)39)23-51-35-13-9-27(18-33(35)46)36(47)43-52(49)37(25)42-38(48)45-20-30(21-45)44-16-15-41-24-44/h3,7,9-10,12-13,15-18,24-25,28,30-31,34,37H,4-6,8,11,14,19-23H2,1-2H3,(H,42,48)/q-1/b7-3+/t25-,28-,31+,34-,37?,39-/m0/s1. The number of imidazole rings is 1. The summed E-state index contributed by atoms with van der Waals surface area (Å²) in [5, 5.41) is 2.84. The maximum Gasteiger partial charge on any atom is 0.316 e. The summed E-state index contributed by atoms with van der Waals surface area (Å²) in [5.41, 5.74) is 3.49. The smallest absolute Gasteiger partial charge is 0.316 e. The number of carbonyl (C=O) groups is 2. The first-order valence-corrected chi connectivity index (χ1v) is 20.0. The van der Waals surface area contributed by atoms with Gasteiger partial charge in [-0.3, -0.25) is 4.79 Å². The highest BCUT2D eigenvalue weighted by molar-refractivity contribution is 7.75. The Labute approximate surface area is 311 Å². The van der Waals surface area contributed by atoms with E-state index in [0.29, 0.717) is 43.5 Å². The molecule has 276 valence electrons. The van der Waals surface area contributed by atoms with E-state index in [-0.39, 0.29) is 29.5 Å². The molecule has 2 aliphatic carbocycles. The van der Waals surface area contributed by atoms with Crippen molar-refractivity contribution in [2.75, 3.05) is 44.8 Å². The number of nitrogens with zero attached hydrogens (tertiary/aromatic N) is 5. The molecule has 1 unspecified atom stereocenters. The van der Waals surface area contributed by atoms with Gasteiger partial charge in [-0.1, -0.05) is 36.7 Å². The van der Waals surface area contributed by atoms with Gasteiger partial charge in [-0.15, -0.1) is 0 Å². The fourth-order valence-electron chi connectivity index (χ4n) is 8.82. The predicted octanol–water partition coefficient (Wildman–Crippen LogP) is 6.53. The zero-order chi connectivity index (χ0) is 36.0. The number of likely N-dealkylation sites (tertiary alicyclic amines) is 1. The van der Waals surface area contributed by atoms with Gasteiger partial charge in [0, 0.05) is 61.7 Å². The number of urea groups is 1. The number of methoxy groups -OCH3 is 1. The van der Waals surface area contributed by atoms with Crippen LogP contribution in [-0.4, -0.2) is 77.8 Å². The lowest BCUT2D eigenvalue weighted by molar-refractivity contribution is 0.0131. The number of aryl methyl sites for hydroxylation is 1. The second-order valence-electron chi connectivity index (χ2n) is 15.2. The Balaban J connectivity index is 1.12. The van der Waals surface area contributed by atoms with E-state index in [1.807, 2.05) is 35.9 Å². The Kier molecular flexibility index (Phi) is 9.82. The van der Waals surface area contributed by atoms with E-state index < -0.39 is 21.9 Å². The van der Waals surface area contributed by atoms with E-state index in [2.05, 4.69) is 43.8 Å². The summed E-state index contributed by atoms with van der Waals surface area (Å²) < 4.78 is 32.9. The minimum absolute atomic E-state index is 0.0783. The van der Waals surface area contributed by atoms with Crippen LogP contribution in [-0.2, 0) is 31.4 Å². The molecular formula is C39H46ClN6O5S-. The van der Waals surface area contributed by atoms with Crippen LogP contribution < -0.4 is 15.0 Å². The van der Waals surface area contributed by atoms with Crippen LogP contribution in [0.4, 0.5) is 10.5 Å².